The van der Waals surface area contributed by atoms with Gasteiger partial charge in [0.25, 0.3) is 5.91 Å². The van der Waals surface area contributed by atoms with Crippen LogP contribution in [0.1, 0.15) is 55.8 Å². The molecule has 2 atom stereocenters. The van der Waals surface area contributed by atoms with Gasteiger partial charge in [-0.15, -0.1) is 0 Å². The van der Waals surface area contributed by atoms with Crippen molar-refractivity contribution in [2.75, 3.05) is 7.11 Å². The predicted octanol–water partition coefficient (Wildman–Crippen LogP) is 2.44. The van der Waals surface area contributed by atoms with Gasteiger partial charge in [-0.2, -0.15) is 0 Å². The summed E-state index contributed by atoms with van der Waals surface area (Å²) in [6.07, 6.45) is 6.09. The number of nitrogens with one attached hydrogen (secondary N) is 2. The van der Waals surface area contributed by atoms with Crippen LogP contribution < -0.4 is 14.8 Å². The number of benzene rings is 1. The molecule has 2 aliphatic carbocycles. The highest BCUT2D eigenvalue weighted by Gasteiger charge is 2.31. The lowest BCUT2D eigenvalue weighted by Crippen LogP contribution is -2.41. The first-order chi connectivity index (χ1) is 11.9. The fourth-order valence-electron chi connectivity index (χ4n) is 3.29. The zero-order valence-corrected chi connectivity index (χ0v) is 15.6. The zero-order chi connectivity index (χ0) is 18.0. The van der Waals surface area contributed by atoms with Crippen LogP contribution in [0, 0.1) is 5.92 Å². The summed E-state index contributed by atoms with van der Waals surface area (Å²) in [4.78, 5) is 12.6. The molecule has 2 saturated carbocycles. The van der Waals surface area contributed by atoms with E-state index >= 15 is 0 Å². The molecule has 3 rings (SSSR count). The van der Waals surface area contributed by atoms with Crippen molar-refractivity contribution in [3.05, 3.63) is 23.8 Å². The van der Waals surface area contributed by atoms with Crippen LogP contribution in [0.15, 0.2) is 23.1 Å². The quantitative estimate of drug-likeness (QED) is 0.810. The molecule has 1 amide bonds. The summed E-state index contributed by atoms with van der Waals surface area (Å²) >= 11 is 0. The molecule has 25 heavy (non-hydrogen) atoms. The second-order valence-corrected chi connectivity index (χ2v) is 8.79. The molecule has 0 unspecified atom stereocenters. The van der Waals surface area contributed by atoms with Gasteiger partial charge in [0.1, 0.15) is 10.6 Å². The summed E-state index contributed by atoms with van der Waals surface area (Å²) in [5, 5.41) is 3.06. The number of carbonyl (C=O) groups is 1. The molecule has 138 valence electrons. The third-order valence-corrected chi connectivity index (χ3v) is 6.58. The van der Waals surface area contributed by atoms with Crippen molar-refractivity contribution in [3.63, 3.8) is 0 Å². The Morgan fingerprint density at radius 2 is 1.88 bits per heavy atom. The van der Waals surface area contributed by atoms with Gasteiger partial charge in [-0.25, -0.2) is 13.1 Å². The zero-order valence-electron chi connectivity index (χ0n) is 14.7. The van der Waals surface area contributed by atoms with E-state index in [1.807, 2.05) is 0 Å². The SMILES string of the molecule is COc1ccc(C(=O)N[C@H]2CCCC[C@H]2C)cc1S(=O)(=O)NC1CC1. The minimum absolute atomic E-state index is 0.00437. The maximum Gasteiger partial charge on any atom is 0.251 e. The molecule has 2 aliphatic rings. The molecule has 2 fully saturated rings. The van der Waals surface area contributed by atoms with E-state index in [-0.39, 0.29) is 28.6 Å². The van der Waals surface area contributed by atoms with Crippen LogP contribution in [0.5, 0.6) is 5.75 Å². The monoisotopic (exact) mass is 366 g/mol. The van der Waals surface area contributed by atoms with Gasteiger partial charge in [-0.1, -0.05) is 19.8 Å². The van der Waals surface area contributed by atoms with Gasteiger partial charge in [0.05, 0.1) is 7.11 Å². The Balaban J connectivity index is 1.81. The molecule has 2 N–H and O–H groups in total. The van der Waals surface area contributed by atoms with Gasteiger partial charge in [0.2, 0.25) is 10.0 Å². The van der Waals surface area contributed by atoms with Gasteiger partial charge in [0.15, 0.2) is 0 Å². The van der Waals surface area contributed by atoms with Crippen LogP contribution in [0.2, 0.25) is 0 Å². The molecule has 0 heterocycles. The molecule has 1 aromatic rings. The first kappa shape index (κ1) is 18.2. The number of hydrogen-bond acceptors (Lipinski definition) is 4. The minimum Gasteiger partial charge on any atom is -0.495 e. The van der Waals surface area contributed by atoms with Gasteiger partial charge in [-0.3, -0.25) is 4.79 Å². The molecule has 0 aromatic heterocycles. The van der Waals surface area contributed by atoms with Crippen molar-refractivity contribution in [2.24, 2.45) is 5.92 Å². The average Bonchev–Trinajstić information content (AvgIpc) is 3.39. The number of carbonyl (C=O) groups excluding carboxylic acids is 1. The van der Waals surface area contributed by atoms with Crippen molar-refractivity contribution in [2.45, 2.75) is 62.4 Å². The highest BCUT2D eigenvalue weighted by molar-refractivity contribution is 7.89. The van der Waals surface area contributed by atoms with Crippen LogP contribution in [-0.2, 0) is 10.0 Å². The Labute approximate surface area is 149 Å². The predicted molar refractivity (Wildman–Crippen MR) is 95.2 cm³/mol. The van der Waals surface area contributed by atoms with Crippen LogP contribution in [0.25, 0.3) is 0 Å². The number of amides is 1. The molecule has 6 nitrogen and oxygen atoms in total. The van der Waals surface area contributed by atoms with Crippen molar-refractivity contribution in [1.82, 2.24) is 10.0 Å². The van der Waals surface area contributed by atoms with Crippen LogP contribution >= 0.6 is 0 Å². The third-order valence-electron chi connectivity index (χ3n) is 5.04. The van der Waals surface area contributed by atoms with E-state index in [1.54, 1.807) is 12.1 Å². The van der Waals surface area contributed by atoms with E-state index in [9.17, 15) is 13.2 Å². The number of sulfonamides is 1. The molecule has 0 radical (unpaired) electrons. The molecule has 0 saturated heterocycles. The van der Waals surface area contributed by atoms with E-state index < -0.39 is 10.0 Å². The lowest BCUT2D eigenvalue weighted by atomic mass is 9.86. The third kappa shape index (κ3) is 4.33. The van der Waals surface area contributed by atoms with E-state index in [0.717, 1.165) is 32.1 Å². The Bertz CT molecular complexity index is 743. The fraction of sp³-hybridized carbons (Fsp3) is 0.611. The largest absolute Gasteiger partial charge is 0.495 e. The summed E-state index contributed by atoms with van der Waals surface area (Å²) in [5.74, 6) is 0.454. The molecular weight excluding hydrogens is 340 g/mol. The first-order valence-electron chi connectivity index (χ1n) is 8.92. The highest BCUT2D eigenvalue weighted by Crippen LogP contribution is 2.29. The average molecular weight is 366 g/mol. The summed E-state index contributed by atoms with van der Waals surface area (Å²) in [5.41, 5.74) is 0.342. The standard InChI is InChI=1S/C18H26N2O4S/c1-12-5-3-4-6-15(12)19-18(21)13-7-10-16(24-2)17(11-13)25(22,23)20-14-8-9-14/h7,10-12,14-15,20H,3-6,8-9H2,1-2H3,(H,19,21)/t12-,15+/m1/s1. The molecule has 0 spiro atoms. The number of ether oxygens (including phenoxy) is 1. The molecule has 0 aliphatic heterocycles. The van der Waals surface area contributed by atoms with E-state index in [2.05, 4.69) is 17.0 Å². The maximum absolute atomic E-state index is 12.6. The van der Waals surface area contributed by atoms with Crippen LogP contribution in [0.3, 0.4) is 0 Å². The van der Waals surface area contributed by atoms with Crippen molar-refractivity contribution >= 4 is 15.9 Å². The maximum atomic E-state index is 12.6. The topological polar surface area (TPSA) is 84.5 Å². The van der Waals surface area contributed by atoms with Crippen molar-refractivity contribution in [3.8, 4) is 5.75 Å². The molecular formula is C18H26N2O4S. The van der Waals surface area contributed by atoms with Gasteiger partial charge < -0.3 is 10.1 Å². The van der Waals surface area contributed by atoms with E-state index in [1.165, 1.54) is 19.6 Å². The lowest BCUT2D eigenvalue weighted by Gasteiger charge is -2.29. The Morgan fingerprint density at radius 1 is 1.16 bits per heavy atom. The number of hydrogen-bond donors (Lipinski definition) is 2. The number of methoxy groups -OCH3 is 1. The van der Waals surface area contributed by atoms with Crippen molar-refractivity contribution < 1.29 is 17.9 Å². The summed E-state index contributed by atoms with van der Waals surface area (Å²) in [6.45, 7) is 2.15. The summed E-state index contributed by atoms with van der Waals surface area (Å²) in [7, 11) is -2.27. The van der Waals surface area contributed by atoms with E-state index in [0.29, 0.717) is 11.5 Å². The van der Waals surface area contributed by atoms with Crippen molar-refractivity contribution in [1.29, 1.82) is 0 Å². The smallest absolute Gasteiger partial charge is 0.251 e. The van der Waals surface area contributed by atoms with Gasteiger partial charge in [0, 0.05) is 17.6 Å². The van der Waals surface area contributed by atoms with E-state index in [4.69, 9.17) is 4.74 Å². The van der Waals surface area contributed by atoms with Crippen LogP contribution in [-0.4, -0.2) is 33.5 Å². The normalized spacial score (nSPS) is 23.9. The number of rotatable bonds is 6. The van der Waals surface area contributed by atoms with Gasteiger partial charge in [-0.05, 0) is 49.8 Å². The summed E-state index contributed by atoms with van der Waals surface area (Å²) < 4.78 is 32.9. The lowest BCUT2D eigenvalue weighted by molar-refractivity contribution is 0.0910. The minimum atomic E-state index is -3.69. The Hall–Kier alpha value is -1.60. The Kier molecular flexibility index (Phi) is 5.34. The van der Waals surface area contributed by atoms with Gasteiger partial charge >= 0.3 is 0 Å². The molecule has 0 bridgehead atoms. The molecule has 1 aromatic carbocycles. The van der Waals surface area contributed by atoms with Crippen LogP contribution in [0.4, 0.5) is 0 Å². The fourth-order valence-corrected chi connectivity index (χ4v) is 4.79. The highest BCUT2D eigenvalue weighted by atomic mass is 32.2. The first-order valence-corrected chi connectivity index (χ1v) is 10.4. The molecule has 7 heteroatoms. The summed E-state index contributed by atoms with van der Waals surface area (Å²) in [6, 6.07) is 4.70. The second kappa shape index (κ2) is 7.33. The Morgan fingerprint density at radius 3 is 2.52 bits per heavy atom. The second-order valence-electron chi connectivity index (χ2n) is 7.10.